The van der Waals surface area contributed by atoms with Gasteiger partial charge in [0, 0.05) is 42.7 Å². The number of rotatable bonds is 6. The molecule has 9 nitrogen and oxygen atoms in total. The third-order valence-electron chi connectivity index (χ3n) is 6.24. The van der Waals surface area contributed by atoms with E-state index in [1.54, 1.807) is 38.4 Å². The van der Waals surface area contributed by atoms with Crippen LogP contribution in [-0.2, 0) is 23.3 Å². The van der Waals surface area contributed by atoms with Gasteiger partial charge in [-0.2, -0.15) is 0 Å². The summed E-state index contributed by atoms with van der Waals surface area (Å²) in [6.07, 6.45) is 8.40. The summed E-state index contributed by atoms with van der Waals surface area (Å²) in [6, 6.07) is 5.21. The molecule has 1 aliphatic heterocycles. The molecule has 41 heavy (non-hydrogen) atoms. The molecule has 0 radical (unpaired) electrons. The maximum atomic E-state index is 14.3. The molecule has 0 atom stereocenters. The summed E-state index contributed by atoms with van der Waals surface area (Å²) >= 11 is 6.43. The van der Waals surface area contributed by atoms with Crippen molar-refractivity contribution in [3.63, 3.8) is 0 Å². The Morgan fingerprint density at radius 3 is 2.76 bits per heavy atom. The number of pyridine rings is 3. The lowest BCUT2D eigenvalue weighted by atomic mass is 10.0. The first-order valence-electron chi connectivity index (χ1n) is 13.5. The van der Waals surface area contributed by atoms with Gasteiger partial charge in [0.2, 0.25) is 5.91 Å². The van der Waals surface area contributed by atoms with E-state index in [2.05, 4.69) is 25.3 Å². The van der Waals surface area contributed by atoms with Gasteiger partial charge in [0.15, 0.2) is 11.6 Å². The van der Waals surface area contributed by atoms with Gasteiger partial charge in [0.25, 0.3) is 5.56 Å². The number of aryl methyl sites for hydroxylation is 1. The van der Waals surface area contributed by atoms with Crippen molar-refractivity contribution >= 4 is 23.6 Å². The van der Waals surface area contributed by atoms with Gasteiger partial charge >= 0.3 is 0 Å². The summed E-state index contributed by atoms with van der Waals surface area (Å²) in [6.45, 7) is 2.07. The van der Waals surface area contributed by atoms with Gasteiger partial charge in [-0.3, -0.25) is 24.1 Å². The van der Waals surface area contributed by atoms with Crippen LogP contribution in [0.15, 0.2) is 53.7 Å². The van der Waals surface area contributed by atoms with Gasteiger partial charge in [0.1, 0.15) is 28.8 Å². The first-order chi connectivity index (χ1) is 20.3. The number of fused-ring (bicyclic) bond motifs is 3. The zero-order valence-electron chi connectivity index (χ0n) is 24.2. The minimum Gasteiger partial charge on any atom is -0.485 e. The number of hydrogen-bond acceptors (Lipinski definition) is 7. The van der Waals surface area contributed by atoms with Crippen LogP contribution in [-0.4, -0.2) is 30.4 Å². The zero-order valence-corrected chi connectivity index (χ0v) is 23.0. The second-order valence-electron chi connectivity index (χ2n) is 9.78. The van der Waals surface area contributed by atoms with Crippen molar-refractivity contribution in [2.45, 2.75) is 45.7 Å². The first kappa shape index (κ1) is 25.5. The van der Waals surface area contributed by atoms with Crippen LogP contribution >= 0.6 is 11.6 Å². The number of carbonyl (C=O) groups excluding carboxylic acids is 1. The van der Waals surface area contributed by atoms with Crippen molar-refractivity contribution in [3.8, 4) is 22.8 Å². The predicted octanol–water partition coefficient (Wildman–Crippen LogP) is 4.93. The molecule has 0 aromatic carbocycles. The van der Waals surface area contributed by atoms with Crippen molar-refractivity contribution in [2.75, 3.05) is 0 Å². The molecule has 0 saturated carbocycles. The van der Waals surface area contributed by atoms with E-state index in [9.17, 15) is 18.4 Å². The molecule has 4 aromatic rings. The highest BCUT2D eigenvalue weighted by Crippen LogP contribution is 2.30. The molecule has 0 saturated heterocycles. The number of halogens is 3. The number of nitrogens with one attached hydrogen (secondary N) is 1. The standard InChI is InChI=1S/C29H25ClF2N6O3/c1-16(39)37-29(2,3)28-33-9-8-21(36-28)22-12-24-17(13-34-22)6-4-5-7-19-11-25(26(30)27(40)38(19)24)41-15-23-20(32)10-18(31)14-35-23/h4,6,8-14H,5,7,15H2,1-3H3,(H,37,39)/b6-4-/i15D2. The molecule has 5 rings (SSSR count). The third-order valence-corrected chi connectivity index (χ3v) is 6.59. The van der Waals surface area contributed by atoms with E-state index in [0.29, 0.717) is 59.3 Å². The Balaban J connectivity index is 1.60. The number of ether oxygens (including phenoxy) is 1. The minimum atomic E-state index is -2.88. The topological polar surface area (TPSA) is 112 Å². The van der Waals surface area contributed by atoms with Gasteiger partial charge in [-0.1, -0.05) is 23.8 Å². The van der Waals surface area contributed by atoms with Crippen LogP contribution in [0, 0.1) is 11.6 Å². The van der Waals surface area contributed by atoms with E-state index in [-0.39, 0.29) is 11.7 Å². The Labute approximate surface area is 241 Å². The average Bonchev–Trinajstić information content (AvgIpc) is 2.92. The molecule has 210 valence electrons. The summed E-state index contributed by atoms with van der Waals surface area (Å²) in [7, 11) is 0. The fourth-order valence-corrected chi connectivity index (χ4v) is 4.56. The highest BCUT2D eigenvalue weighted by Gasteiger charge is 2.26. The van der Waals surface area contributed by atoms with Crippen LogP contribution in [0.1, 0.15) is 52.7 Å². The highest BCUT2D eigenvalue weighted by molar-refractivity contribution is 6.31. The quantitative estimate of drug-likeness (QED) is 0.344. The number of hydrogen-bond donors (Lipinski definition) is 1. The molecule has 4 aromatic heterocycles. The van der Waals surface area contributed by atoms with Crippen LogP contribution < -0.4 is 15.6 Å². The largest absolute Gasteiger partial charge is 0.485 e. The molecular weight excluding hydrogens is 554 g/mol. The van der Waals surface area contributed by atoms with Crippen LogP contribution in [0.3, 0.4) is 0 Å². The van der Waals surface area contributed by atoms with Crippen molar-refractivity contribution in [1.29, 1.82) is 0 Å². The predicted molar refractivity (Wildman–Crippen MR) is 149 cm³/mol. The van der Waals surface area contributed by atoms with Crippen LogP contribution in [0.4, 0.5) is 8.78 Å². The van der Waals surface area contributed by atoms with Crippen molar-refractivity contribution in [3.05, 3.63) is 98.7 Å². The summed E-state index contributed by atoms with van der Waals surface area (Å²) in [4.78, 5) is 42.4. The average molecular weight is 581 g/mol. The third kappa shape index (κ3) is 5.85. The van der Waals surface area contributed by atoms with Gasteiger partial charge in [-0.05, 0) is 38.8 Å². The maximum absolute atomic E-state index is 14.3. The summed E-state index contributed by atoms with van der Waals surface area (Å²) in [5.74, 6) is -2.44. The van der Waals surface area contributed by atoms with E-state index < -0.39 is 40.0 Å². The summed E-state index contributed by atoms with van der Waals surface area (Å²) in [5.41, 5.74) is -0.0294. The van der Waals surface area contributed by atoms with E-state index >= 15 is 0 Å². The van der Waals surface area contributed by atoms with Gasteiger partial charge in [-0.25, -0.2) is 18.7 Å². The molecule has 0 unspecified atom stereocenters. The van der Waals surface area contributed by atoms with Crippen LogP contribution in [0.5, 0.6) is 5.75 Å². The highest BCUT2D eigenvalue weighted by atomic mass is 35.5. The molecule has 0 aliphatic carbocycles. The van der Waals surface area contributed by atoms with Crippen molar-refractivity contribution in [1.82, 2.24) is 29.8 Å². The Bertz CT molecular complexity index is 1850. The monoisotopic (exact) mass is 580 g/mol. The second kappa shape index (κ2) is 11.2. The molecule has 5 heterocycles. The Morgan fingerprint density at radius 2 is 2.00 bits per heavy atom. The molecule has 0 spiro atoms. The summed E-state index contributed by atoms with van der Waals surface area (Å²) in [5, 5.41) is 2.36. The van der Waals surface area contributed by atoms with Crippen LogP contribution in [0.2, 0.25) is 5.02 Å². The number of aromatic nitrogens is 5. The van der Waals surface area contributed by atoms with Gasteiger partial charge in [-0.15, -0.1) is 0 Å². The van der Waals surface area contributed by atoms with Crippen LogP contribution in [0.25, 0.3) is 23.2 Å². The fraction of sp³-hybridized carbons (Fsp3) is 0.241. The van der Waals surface area contributed by atoms with Crippen molar-refractivity contribution in [2.24, 2.45) is 0 Å². The molecule has 1 N–H and O–H groups in total. The summed E-state index contributed by atoms with van der Waals surface area (Å²) < 4.78 is 50.9. The molecule has 0 bridgehead atoms. The van der Waals surface area contributed by atoms with Gasteiger partial charge < -0.3 is 10.1 Å². The maximum Gasteiger partial charge on any atom is 0.277 e. The minimum absolute atomic E-state index is 0.242. The lowest BCUT2D eigenvalue weighted by Crippen LogP contribution is -2.41. The van der Waals surface area contributed by atoms with E-state index in [0.717, 1.165) is 0 Å². The normalized spacial score (nSPS) is 14.5. The molecular formula is C29H25ClF2N6O3. The Hall–Kier alpha value is -4.51. The lowest BCUT2D eigenvalue weighted by Gasteiger charge is -2.24. The SMILES string of the molecule is [2H]C([2H])(Oc1cc2n(c(=O)c1Cl)-c1cc(-c3ccnc(C(C)(C)NC(C)=O)n3)ncc1/C=C\CC2)c1ncc(F)cc1F. The molecule has 1 aliphatic rings. The Morgan fingerprint density at radius 1 is 1.20 bits per heavy atom. The number of allylic oxidation sites excluding steroid dienone is 1. The van der Waals surface area contributed by atoms with Gasteiger partial charge in [0.05, 0.1) is 31.6 Å². The van der Waals surface area contributed by atoms with Crippen molar-refractivity contribution < 1.29 is 21.1 Å². The number of nitrogens with zero attached hydrogens (tertiary/aromatic N) is 5. The van der Waals surface area contributed by atoms with E-state index in [1.807, 2.05) is 12.2 Å². The number of carbonyl (C=O) groups is 1. The lowest BCUT2D eigenvalue weighted by molar-refractivity contribution is -0.120. The molecule has 12 heteroatoms. The number of amides is 1. The molecule has 1 amide bonds. The first-order valence-corrected chi connectivity index (χ1v) is 12.9. The van der Waals surface area contributed by atoms with E-state index in [1.165, 1.54) is 17.6 Å². The zero-order chi connectivity index (χ0) is 31.1. The fourth-order valence-electron chi connectivity index (χ4n) is 4.39. The molecule has 0 fully saturated rings. The Kier molecular flexibility index (Phi) is 6.93. The van der Waals surface area contributed by atoms with E-state index in [4.69, 9.17) is 19.1 Å². The second-order valence-corrected chi connectivity index (χ2v) is 10.2. The smallest absolute Gasteiger partial charge is 0.277 e.